The highest BCUT2D eigenvalue weighted by atomic mass is 16.2. The first-order valence-electron chi connectivity index (χ1n) is 23.6. The summed E-state index contributed by atoms with van der Waals surface area (Å²) in [5.74, 6) is -6.39. The Morgan fingerprint density at radius 1 is 0.690 bits per heavy atom. The van der Waals surface area contributed by atoms with Gasteiger partial charge in [-0.05, 0) is 48.8 Å². The molecule has 0 saturated heterocycles. The van der Waals surface area contributed by atoms with Crippen molar-refractivity contribution in [2.75, 3.05) is 13.6 Å². The number of H-pyrrole nitrogens is 2. The highest BCUT2D eigenvalue weighted by Crippen LogP contribution is 2.20. The molecule has 0 aliphatic carbocycles. The number of nitrogens with one attached hydrogen (secondary N) is 8. The van der Waals surface area contributed by atoms with Gasteiger partial charge in [0.25, 0.3) is 0 Å². The fraction of sp³-hybridized carbons (Fsp3) is 0.469. The number of carbonyl (C=O) groups excluding carboxylic acids is 9. The third-order valence-electron chi connectivity index (χ3n) is 11.8. The van der Waals surface area contributed by atoms with Crippen molar-refractivity contribution in [2.45, 2.75) is 122 Å². The third-order valence-corrected chi connectivity index (χ3v) is 11.8. The van der Waals surface area contributed by atoms with E-state index in [0.29, 0.717) is 11.3 Å². The summed E-state index contributed by atoms with van der Waals surface area (Å²) in [6, 6.07) is 8.40. The number of benzene rings is 2. The van der Waals surface area contributed by atoms with E-state index in [4.69, 9.17) is 17.2 Å². The van der Waals surface area contributed by atoms with Crippen LogP contribution in [0, 0.1) is 11.8 Å². The Hall–Kier alpha value is -7.62. The lowest BCUT2D eigenvalue weighted by Crippen LogP contribution is -2.58. The van der Waals surface area contributed by atoms with Crippen molar-refractivity contribution in [1.29, 1.82) is 0 Å². The zero-order chi connectivity index (χ0) is 52.4. The fourth-order valence-corrected chi connectivity index (χ4v) is 7.75. The van der Waals surface area contributed by atoms with Crippen LogP contribution < -0.4 is 49.1 Å². The maximum Gasteiger partial charge on any atom is 0.245 e. The summed E-state index contributed by atoms with van der Waals surface area (Å²) in [5, 5.41) is 16.8. The molecule has 14 N–H and O–H groups in total. The standard InChI is InChI=1S/C49H69N13O9/c1-27(2)20-36(43(52)65)59-47(69)39(21-30-12-8-7-9-13-30)62(6)49(71)38(23-32-25-53-26-56-32)58-41(64)18-19-54-48(70)42(28(3)4)61-44(66)29(5)57-46(68)37(60-45(67)34(50)16-17-40(51)63)22-31-24-55-35-15-11-10-14-33(31)35/h7-15,24-29,34,36-39,42,55H,16-23,50H2,1-6H3,(H2,51,63)(H2,52,65)(H,53,56)(H,54,70)(H,57,68)(H,58,64)(H,59,69)(H,60,67)(H,61,66)/t29-,34-,36-,37-,38-,39-,42-/m0/s1. The Morgan fingerprint density at radius 2 is 1.37 bits per heavy atom. The van der Waals surface area contributed by atoms with Crippen LogP contribution in [0.25, 0.3) is 10.9 Å². The van der Waals surface area contributed by atoms with Gasteiger partial charge in [0.15, 0.2) is 0 Å². The first kappa shape index (κ1) is 56.0. The van der Waals surface area contributed by atoms with Gasteiger partial charge in [0.05, 0.1) is 12.4 Å². The van der Waals surface area contributed by atoms with Crippen molar-refractivity contribution in [3.05, 3.63) is 90.1 Å². The van der Waals surface area contributed by atoms with Crippen LogP contribution in [0.3, 0.4) is 0 Å². The van der Waals surface area contributed by atoms with E-state index in [1.54, 1.807) is 44.3 Å². The van der Waals surface area contributed by atoms with Crippen molar-refractivity contribution in [1.82, 2.24) is 51.8 Å². The van der Waals surface area contributed by atoms with Crippen LogP contribution in [0.4, 0.5) is 0 Å². The Morgan fingerprint density at radius 3 is 2.00 bits per heavy atom. The van der Waals surface area contributed by atoms with Crippen LogP contribution in [0.5, 0.6) is 0 Å². The Kier molecular flexibility index (Phi) is 21.2. The molecule has 0 spiro atoms. The molecular weight excluding hydrogens is 915 g/mol. The quantitative estimate of drug-likeness (QED) is 0.0344. The van der Waals surface area contributed by atoms with E-state index < -0.39 is 101 Å². The zero-order valence-corrected chi connectivity index (χ0v) is 41.1. The second-order valence-corrected chi connectivity index (χ2v) is 18.4. The summed E-state index contributed by atoms with van der Waals surface area (Å²) in [7, 11) is 1.43. The number of amides is 9. The third kappa shape index (κ3) is 17.4. The lowest BCUT2D eigenvalue weighted by atomic mass is 10.00. The van der Waals surface area contributed by atoms with Gasteiger partial charge < -0.3 is 64.0 Å². The molecule has 0 aliphatic heterocycles. The van der Waals surface area contributed by atoms with Gasteiger partial charge in [0.1, 0.15) is 36.3 Å². The lowest BCUT2D eigenvalue weighted by Gasteiger charge is -2.32. The van der Waals surface area contributed by atoms with E-state index in [-0.39, 0.29) is 57.4 Å². The Bertz CT molecular complexity index is 2460. The normalized spacial score (nSPS) is 14.2. The number of hydrogen-bond donors (Lipinski definition) is 11. The molecule has 384 valence electrons. The van der Waals surface area contributed by atoms with Gasteiger partial charge in [0, 0.05) is 74.7 Å². The van der Waals surface area contributed by atoms with E-state index in [1.807, 2.05) is 44.2 Å². The highest BCUT2D eigenvalue weighted by molar-refractivity contribution is 5.96. The van der Waals surface area contributed by atoms with Crippen LogP contribution in [0.1, 0.15) is 77.1 Å². The summed E-state index contributed by atoms with van der Waals surface area (Å²) in [6.45, 7) is 8.37. The largest absolute Gasteiger partial charge is 0.370 e. The summed E-state index contributed by atoms with van der Waals surface area (Å²) in [4.78, 5) is 131. The minimum atomic E-state index is -1.20. The fourth-order valence-electron chi connectivity index (χ4n) is 7.75. The first-order chi connectivity index (χ1) is 33.6. The number of carbonyl (C=O) groups is 9. The van der Waals surface area contributed by atoms with Gasteiger partial charge in [-0.2, -0.15) is 0 Å². The molecule has 9 amide bonds. The van der Waals surface area contributed by atoms with E-state index in [9.17, 15) is 43.2 Å². The molecule has 71 heavy (non-hydrogen) atoms. The molecule has 4 aromatic rings. The number of hydrogen-bond acceptors (Lipinski definition) is 11. The summed E-state index contributed by atoms with van der Waals surface area (Å²) in [5.41, 5.74) is 19.6. The molecule has 2 aromatic carbocycles. The van der Waals surface area contributed by atoms with Crippen molar-refractivity contribution >= 4 is 64.1 Å². The average Bonchev–Trinajstić information content (AvgIpc) is 4.00. The van der Waals surface area contributed by atoms with Gasteiger partial charge in [0.2, 0.25) is 53.2 Å². The molecular formula is C49H69N13O9. The lowest BCUT2D eigenvalue weighted by molar-refractivity contribution is -0.142. The average molecular weight is 984 g/mol. The highest BCUT2D eigenvalue weighted by Gasteiger charge is 2.35. The van der Waals surface area contributed by atoms with Crippen LogP contribution in [0.15, 0.2) is 73.3 Å². The van der Waals surface area contributed by atoms with Crippen LogP contribution in [0.2, 0.25) is 0 Å². The van der Waals surface area contributed by atoms with Gasteiger partial charge in [-0.1, -0.05) is 76.2 Å². The number of rotatable bonds is 28. The maximum absolute atomic E-state index is 14.3. The molecule has 0 unspecified atom stereocenters. The second-order valence-electron chi connectivity index (χ2n) is 18.4. The van der Waals surface area contributed by atoms with Crippen molar-refractivity contribution in [2.24, 2.45) is 29.0 Å². The van der Waals surface area contributed by atoms with E-state index in [1.165, 1.54) is 31.4 Å². The number of nitrogens with zero attached hydrogens (tertiary/aromatic N) is 2. The first-order valence-corrected chi connectivity index (χ1v) is 23.6. The van der Waals surface area contributed by atoms with Crippen LogP contribution >= 0.6 is 0 Å². The van der Waals surface area contributed by atoms with Crippen LogP contribution in [-0.2, 0) is 62.4 Å². The van der Waals surface area contributed by atoms with Gasteiger partial charge in [-0.25, -0.2) is 4.98 Å². The van der Waals surface area contributed by atoms with E-state index >= 15 is 0 Å². The summed E-state index contributed by atoms with van der Waals surface area (Å²) < 4.78 is 0. The molecule has 4 rings (SSSR count). The number of para-hydroxylation sites is 1. The molecule has 0 saturated carbocycles. The van der Waals surface area contributed by atoms with E-state index in [2.05, 4.69) is 46.9 Å². The molecule has 22 nitrogen and oxygen atoms in total. The number of primary amides is 2. The second kappa shape index (κ2) is 27.0. The predicted octanol–water partition coefficient (Wildman–Crippen LogP) is -0.524. The van der Waals surface area contributed by atoms with Gasteiger partial charge in [-0.3, -0.25) is 43.2 Å². The number of fused-ring (bicyclic) bond motifs is 1. The monoisotopic (exact) mass is 984 g/mol. The van der Waals surface area contributed by atoms with Gasteiger partial charge in [-0.15, -0.1) is 0 Å². The Labute approximate surface area is 412 Å². The predicted molar refractivity (Wildman–Crippen MR) is 264 cm³/mol. The molecule has 0 radical (unpaired) electrons. The molecule has 0 bridgehead atoms. The minimum absolute atomic E-state index is 0.0150. The number of nitrogens with two attached hydrogens (primary N) is 3. The topological polar surface area (TPSA) is 352 Å². The molecule has 0 fully saturated rings. The summed E-state index contributed by atoms with van der Waals surface area (Å²) in [6.07, 6.45) is 4.48. The van der Waals surface area contributed by atoms with Crippen molar-refractivity contribution in [3.63, 3.8) is 0 Å². The van der Waals surface area contributed by atoms with E-state index in [0.717, 1.165) is 16.5 Å². The molecule has 22 heteroatoms. The minimum Gasteiger partial charge on any atom is -0.370 e. The number of aromatic amines is 2. The SMILES string of the molecule is CC(C)C[C@H](NC(=O)[C@H](Cc1ccccc1)N(C)C(=O)[C@H](Cc1cnc[nH]1)NC(=O)CCNC(=O)[C@@H](NC(=O)[C@H](C)NC(=O)[C@H](Cc1c[nH]c2ccccc12)NC(=O)[C@@H](N)CCC(N)=O)C(C)C)C(N)=O. The number of imidazole rings is 1. The maximum atomic E-state index is 14.3. The Balaban J connectivity index is 1.40. The van der Waals surface area contributed by atoms with Crippen molar-refractivity contribution < 1.29 is 43.2 Å². The summed E-state index contributed by atoms with van der Waals surface area (Å²) >= 11 is 0. The van der Waals surface area contributed by atoms with Crippen LogP contribution in [-0.4, -0.2) is 129 Å². The number of likely N-dealkylation sites (N-methyl/N-ethyl adjacent to an activating group) is 1. The zero-order valence-electron chi connectivity index (χ0n) is 41.1. The molecule has 7 atom stereocenters. The smallest absolute Gasteiger partial charge is 0.245 e. The number of aromatic nitrogens is 3. The molecule has 2 heterocycles. The van der Waals surface area contributed by atoms with Gasteiger partial charge >= 0.3 is 0 Å². The molecule has 2 aromatic heterocycles. The molecule has 0 aliphatic rings. The van der Waals surface area contributed by atoms with Crippen molar-refractivity contribution in [3.8, 4) is 0 Å².